The van der Waals surface area contributed by atoms with Crippen molar-refractivity contribution in [2.45, 2.75) is 24.7 Å². The van der Waals surface area contributed by atoms with E-state index in [-0.39, 0.29) is 35.6 Å². The van der Waals surface area contributed by atoms with Gasteiger partial charge in [-0.2, -0.15) is 4.31 Å². The minimum Gasteiger partial charge on any atom is -0.496 e. The molecular formula is C20H25N3O5S. The van der Waals surface area contributed by atoms with Gasteiger partial charge in [0.05, 0.1) is 7.11 Å². The third-order valence-corrected chi connectivity index (χ3v) is 7.11. The predicted molar refractivity (Wildman–Crippen MR) is 109 cm³/mol. The fraction of sp³-hybridized carbons (Fsp3) is 0.400. The third kappa shape index (κ3) is 4.35. The van der Waals surface area contributed by atoms with Crippen molar-refractivity contribution in [3.05, 3.63) is 41.3 Å². The molecule has 1 aromatic heterocycles. The van der Waals surface area contributed by atoms with E-state index in [0.717, 1.165) is 5.56 Å². The lowest BCUT2D eigenvalue weighted by atomic mass is 9.97. The first-order valence-electron chi connectivity index (χ1n) is 9.37. The average Bonchev–Trinajstić information content (AvgIpc) is 3.13. The maximum Gasteiger partial charge on any atom is 0.248 e. The van der Waals surface area contributed by atoms with Gasteiger partial charge >= 0.3 is 0 Å². The summed E-state index contributed by atoms with van der Waals surface area (Å²) in [5.74, 6) is 0.617. The number of aromatic nitrogens is 1. The van der Waals surface area contributed by atoms with Gasteiger partial charge in [0.25, 0.3) is 0 Å². The second-order valence-electron chi connectivity index (χ2n) is 6.83. The molecule has 1 fully saturated rings. The van der Waals surface area contributed by atoms with E-state index in [4.69, 9.17) is 9.26 Å². The van der Waals surface area contributed by atoms with Gasteiger partial charge in [-0.05, 0) is 38.0 Å². The molecule has 0 spiro atoms. The van der Waals surface area contributed by atoms with Gasteiger partial charge in [-0.1, -0.05) is 23.4 Å². The van der Waals surface area contributed by atoms with Crippen LogP contribution in [-0.2, 0) is 14.8 Å². The molecule has 1 aromatic carbocycles. The molecule has 8 nitrogen and oxygen atoms in total. The molecule has 0 aliphatic carbocycles. The Morgan fingerprint density at radius 2 is 1.97 bits per heavy atom. The Bertz CT molecular complexity index is 1000. The van der Waals surface area contributed by atoms with Gasteiger partial charge in [0, 0.05) is 31.6 Å². The first-order valence-corrected chi connectivity index (χ1v) is 10.8. The Labute approximate surface area is 170 Å². The zero-order valence-electron chi connectivity index (χ0n) is 16.7. The molecule has 0 atom stereocenters. The average molecular weight is 420 g/mol. The third-order valence-electron chi connectivity index (χ3n) is 5.06. The number of para-hydroxylation sites is 1. The van der Waals surface area contributed by atoms with E-state index < -0.39 is 10.0 Å². The van der Waals surface area contributed by atoms with E-state index >= 15 is 0 Å². The highest BCUT2D eigenvalue weighted by Gasteiger charge is 2.35. The van der Waals surface area contributed by atoms with Gasteiger partial charge in [0.15, 0.2) is 10.7 Å². The fourth-order valence-corrected chi connectivity index (χ4v) is 5.18. The number of methoxy groups -OCH3 is 1. The van der Waals surface area contributed by atoms with E-state index in [0.29, 0.717) is 24.3 Å². The van der Waals surface area contributed by atoms with Crippen LogP contribution in [0.2, 0.25) is 0 Å². The summed E-state index contributed by atoms with van der Waals surface area (Å²) in [5, 5.41) is 6.49. The highest BCUT2D eigenvalue weighted by molar-refractivity contribution is 7.89. The van der Waals surface area contributed by atoms with Crippen LogP contribution in [0.15, 0.2) is 33.7 Å². The molecule has 2 aromatic rings. The van der Waals surface area contributed by atoms with Crippen LogP contribution >= 0.6 is 0 Å². The van der Waals surface area contributed by atoms with Crippen molar-refractivity contribution in [1.82, 2.24) is 14.8 Å². The number of carbonyl (C=O) groups is 1. The van der Waals surface area contributed by atoms with Crippen LogP contribution < -0.4 is 10.1 Å². The zero-order chi connectivity index (χ0) is 21.0. The molecule has 29 heavy (non-hydrogen) atoms. The van der Waals surface area contributed by atoms with E-state index in [9.17, 15) is 13.2 Å². The molecular weight excluding hydrogens is 394 g/mol. The maximum atomic E-state index is 13.2. The topological polar surface area (TPSA) is 102 Å². The summed E-state index contributed by atoms with van der Waals surface area (Å²) < 4.78 is 38.5. The zero-order valence-corrected chi connectivity index (χ0v) is 17.5. The maximum absolute atomic E-state index is 13.2. The van der Waals surface area contributed by atoms with Crippen molar-refractivity contribution in [2.24, 2.45) is 5.92 Å². The van der Waals surface area contributed by atoms with Gasteiger partial charge in [-0.3, -0.25) is 4.79 Å². The molecule has 0 saturated carbocycles. The highest BCUT2D eigenvalue weighted by Crippen LogP contribution is 2.30. The number of nitrogens with one attached hydrogen (secondary N) is 1. The lowest BCUT2D eigenvalue weighted by Crippen LogP contribution is -2.42. The van der Waals surface area contributed by atoms with E-state index in [2.05, 4.69) is 10.5 Å². The molecule has 2 heterocycles. The number of nitrogens with zero attached hydrogens (tertiary/aromatic N) is 2. The Hall–Kier alpha value is -2.65. The van der Waals surface area contributed by atoms with Gasteiger partial charge in [-0.25, -0.2) is 8.42 Å². The standard InChI is InChI=1S/C20H25N3O5S/c1-14-19(29(25,26)23-12-10-16(11-13-23)20(24)21-2)18(28-22-14)9-8-15-6-4-5-7-17(15)27-3/h4-9,16H,10-13H2,1-3H3,(H,21,24). The fourth-order valence-electron chi connectivity index (χ4n) is 3.46. The Kier molecular flexibility index (Phi) is 6.39. The number of rotatable bonds is 6. The predicted octanol–water partition coefficient (Wildman–Crippen LogP) is 2.31. The summed E-state index contributed by atoms with van der Waals surface area (Å²) in [6.45, 7) is 2.16. The normalized spacial score (nSPS) is 16.2. The summed E-state index contributed by atoms with van der Waals surface area (Å²) in [6, 6.07) is 7.39. The highest BCUT2D eigenvalue weighted by atomic mass is 32.2. The van der Waals surface area contributed by atoms with Gasteiger partial charge < -0.3 is 14.6 Å². The number of benzene rings is 1. The van der Waals surface area contributed by atoms with Crippen molar-refractivity contribution >= 4 is 28.1 Å². The number of piperidine rings is 1. The molecule has 9 heteroatoms. The van der Waals surface area contributed by atoms with Crippen LogP contribution in [0.3, 0.4) is 0 Å². The lowest BCUT2D eigenvalue weighted by molar-refractivity contribution is -0.125. The number of aryl methyl sites for hydroxylation is 1. The van der Waals surface area contributed by atoms with Crippen LogP contribution in [0.4, 0.5) is 0 Å². The van der Waals surface area contributed by atoms with Crippen LogP contribution in [0.1, 0.15) is 29.9 Å². The van der Waals surface area contributed by atoms with Crippen LogP contribution in [0.25, 0.3) is 12.2 Å². The van der Waals surface area contributed by atoms with Crippen LogP contribution in [-0.4, -0.2) is 51.0 Å². The Morgan fingerprint density at radius 3 is 2.62 bits per heavy atom. The van der Waals surface area contributed by atoms with Gasteiger partial charge in [-0.15, -0.1) is 0 Å². The van der Waals surface area contributed by atoms with Gasteiger partial charge in [0.1, 0.15) is 11.4 Å². The number of ether oxygens (including phenoxy) is 1. The molecule has 1 saturated heterocycles. The molecule has 1 aliphatic heterocycles. The number of amides is 1. The molecule has 0 radical (unpaired) electrons. The van der Waals surface area contributed by atoms with Crippen molar-refractivity contribution in [3.8, 4) is 5.75 Å². The molecule has 0 unspecified atom stereocenters. The summed E-state index contributed by atoms with van der Waals surface area (Å²) >= 11 is 0. The van der Waals surface area contributed by atoms with Gasteiger partial charge in [0.2, 0.25) is 15.9 Å². The van der Waals surface area contributed by atoms with Crippen molar-refractivity contribution in [1.29, 1.82) is 0 Å². The first kappa shape index (κ1) is 21.1. The smallest absolute Gasteiger partial charge is 0.248 e. The number of carbonyl (C=O) groups excluding carboxylic acids is 1. The summed E-state index contributed by atoms with van der Waals surface area (Å²) in [5.41, 5.74) is 1.09. The Morgan fingerprint density at radius 1 is 1.28 bits per heavy atom. The number of hydrogen-bond donors (Lipinski definition) is 1. The largest absolute Gasteiger partial charge is 0.496 e. The molecule has 0 bridgehead atoms. The molecule has 1 aliphatic rings. The first-order chi connectivity index (χ1) is 13.9. The minimum atomic E-state index is -3.79. The SMILES string of the molecule is CNC(=O)C1CCN(S(=O)(=O)c2c(C)noc2C=Cc2ccccc2OC)CC1. The quantitative estimate of drug-likeness (QED) is 0.771. The van der Waals surface area contributed by atoms with E-state index in [1.54, 1.807) is 33.2 Å². The Balaban J connectivity index is 1.85. The number of hydrogen-bond acceptors (Lipinski definition) is 6. The van der Waals surface area contributed by atoms with E-state index in [1.807, 2.05) is 24.3 Å². The second-order valence-corrected chi connectivity index (χ2v) is 8.70. The van der Waals surface area contributed by atoms with Crippen molar-refractivity contribution < 1.29 is 22.5 Å². The molecule has 1 N–H and O–H groups in total. The summed E-state index contributed by atoms with van der Waals surface area (Å²) in [6.07, 6.45) is 4.28. The van der Waals surface area contributed by atoms with Crippen LogP contribution in [0.5, 0.6) is 5.75 Å². The molecule has 3 rings (SSSR count). The van der Waals surface area contributed by atoms with Crippen LogP contribution in [0, 0.1) is 12.8 Å². The second kappa shape index (κ2) is 8.79. The van der Waals surface area contributed by atoms with Crippen molar-refractivity contribution in [2.75, 3.05) is 27.2 Å². The summed E-state index contributed by atoms with van der Waals surface area (Å²) in [4.78, 5) is 11.9. The van der Waals surface area contributed by atoms with E-state index in [1.165, 1.54) is 4.31 Å². The summed E-state index contributed by atoms with van der Waals surface area (Å²) in [7, 11) is -0.630. The minimum absolute atomic E-state index is 0.0522. The monoisotopic (exact) mass is 419 g/mol. The number of sulfonamides is 1. The molecule has 1 amide bonds. The molecule has 156 valence electrons. The lowest BCUT2D eigenvalue weighted by Gasteiger charge is -2.30. The van der Waals surface area contributed by atoms with Crippen molar-refractivity contribution in [3.63, 3.8) is 0 Å².